The fraction of sp³-hybridized carbons (Fsp3) is 0.400. The van der Waals surface area contributed by atoms with Crippen LogP contribution in [0.15, 0.2) is 18.2 Å². The van der Waals surface area contributed by atoms with Crippen LogP contribution in [0.3, 0.4) is 0 Å². The van der Waals surface area contributed by atoms with E-state index in [9.17, 15) is 10.1 Å². The molecule has 0 fully saturated rings. The summed E-state index contributed by atoms with van der Waals surface area (Å²) in [7, 11) is 1.43. The number of methoxy groups -OCH3 is 1. The van der Waals surface area contributed by atoms with Gasteiger partial charge < -0.3 is 15.2 Å². The van der Waals surface area contributed by atoms with E-state index in [1.807, 2.05) is 0 Å². The number of nitrogens with two attached hydrogens (primary N) is 1. The first-order valence-corrected chi connectivity index (χ1v) is 4.77. The molecule has 0 amide bonds. The van der Waals surface area contributed by atoms with Crippen molar-refractivity contribution in [3.05, 3.63) is 28.3 Å². The monoisotopic (exact) mass is 226 g/mol. The van der Waals surface area contributed by atoms with E-state index in [-0.39, 0.29) is 11.8 Å². The Balaban J connectivity index is 2.97. The number of nitro benzene ring substituents is 1. The van der Waals surface area contributed by atoms with Crippen molar-refractivity contribution in [3.63, 3.8) is 0 Å². The molecule has 0 aromatic heterocycles. The zero-order chi connectivity index (χ0) is 12.1. The Labute approximate surface area is 93.1 Å². The maximum Gasteiger partial charge on any atom is 0.273 e. The molecule has 1 atom stereocenters. The molecule has 1 aromatic rings. The van der Waals surface area contributed by atoms with Gasteiger partial charge in [-0.15, -0.1) is 0 Å². The van der Waals surface area contributed by atoms with E-state index in [2.05, 4.69) is 0 Å². The normalized spacial score (nSPS) is 11.9. The van der Waals surface area contributed by atoms with Crippen molar-refractivity contribution in [3.8, 4) is 11.5 Å². The quantitative estimate of drug-likeness (QED) is 0.604. The van der Waals surface area contributed by atoms with Gasteiger partial charge in [0.05, 0.1) is 18.1 Å². The Kier molecular flexibility index (Phi) is 4.07. The molecule has 1 unspecified atom stereocenters. The lowest BCUT2D eigenvalue weighted by molar-refractivity contribution is -0.385. The average molecular weight is 226 g/mol. The molecule has 88 valence electrons. The summed E-state index contributed by atoms with van der Waals surface area (Å²) in [5, 5.41) is 10.5. The van der Waals surface area contributed by atoms with E-state index in [4.69, 9.17) is 15.2 Å². The fourth-order valence-electron chi connectivity index (χ4n) is 1.13. The van der Waals surface area contributed by atoms with Crippen LogP contribution in [-0.2, 0) is 0 Å². The van der Waals surface area contributed by atoms with Gasteiger partial charge >= 0.3 is 0 Å². The highest BCUT2D eigenvalue weighted by Gasteiger charge is 2.13. The summed E-state index contributed by atoms with van der Waals surface area (Å²) in [5.74, 6) is 0.778. The lowest BCUT2D eigenvalue weighted by Gasteiger charge is -2.14. The van der Waals surface area contributed by atoms with Crippen molar-refractivity contribution in [1.29, 1.82) is 0 Å². The number of nitro groups is 1. The highest BCUT2D eigenvalue weighted by Crippen LogP contribution is 2.31. The van der Waals surface area contributed by atoms with Gasteiger partial charge in [0.25, 0.3) is 5.69 Å². The second kappa shape index (κ2) is 5.32. The number of hydrogen-bond acceptors (Lipinski definition) is 5. The third-order valence-corrected chi connectivity index (χ3v) is 2.02. The Morgan fingerprint density at radius 1 is 1.50 bits per heavy atom. The van der Waals surface area contributed by atoms with E-state index in [1.54, 1.807) is 6.92 Å². The largest absolute Gasteiger partial charge is 0.493 e. The number of rotatable bonds is 5. The van der Waals surface area contributed by atoms with Gasteiger partial charge in [0, 0.05) is 12.6 Å². The van der Waals surface area contributed by atoms with Gasteiger partial charge in [-0.05, 0) is 13.0 Å². The zero-order valence-electron chi connectivity index (χ0n) is 9.17. The molecule has 0 aliphatic rings. The van der Waals surface area contributed by atoms with Crippen LogP contribution in [-0.4, -0.2) is 24.7 Å². The summed E-state index contributed by atoms with van der Waals surface area (Å²) in [5.41, 5.74) is 5.38. The summed E-state index contributed by atoms with van der Waals surface area (Å²) >= 11 is 0. The van der Waals surface area contributed by atoms with Crippen LogP contribution in [0.1, 0.15) is 6.92 Å². The second-order valence-electron chi connectivity index (χ2n) is 3.26. The van der Waals surface area contributed by atoms with E-state index in [0.29, 0.717) is 18.0 Å². The summed E-state index contributed by atoms with van der Waals surface area (Å²) in [6.45, 7) is 2.17. The van der Waals surface area contributed by atoms with Gasteiger partial charge in [0.1, 0.15) is 6.10 Å². The Hall–Kier alpha value is -1.82. The van der Waals surface area contributed by atoms with E-state index < -0.39 is 4.92 Å². The number of nitrogens with zero attached hydrogens (tertiary/aromatic N) is 1. The Morgan fingerprint density at radius 3 is 2.69 bits per heavy atom. The van der Waals surface area contributed by atoms with Crippen LogP contribution in [0.5, 0.6) is 11.5 Å². The first-order chi connectivity index (χ1) is 7.58. The van der Waals surface area contributed by atoms with Crippen LogP contribution in [0.4, 0.5) is 5.69 Å². The maximum atomic E-state index is 10.5. The van der Waals surface area contributed by atoms with Crippen molar-refractivity contribution in [2.45, 2.75) is 13.0 Å². The third-order valence-electron chi connectivity index (χ3n) is 2.02. The highest BCUT2D eigenvalue weighted by atomic mass is 16.6. The maximum absolute atomic E-state index is 10.5. The molecule has 2 N–H and O–H groups in total. The summed E-state index contributed by atoms with van der Waals surface area (Å²) in [4.78, 5) is 10.1. The second-order valence-corrected chi connectivity index (χ2v) is 3.26. The molecule has 1 aromatic carbocycles. The van der Waals surface area contributed by atoms with E-state index in [1.165, 1.54) is 25.3 Å². The van der Waals surface area contributed by atoms with Crippen LogP contribution in [0.25, 0.3) is 0 Å². The zero-order valence-corrected chi connectivity index (χ0v) is 9.17. The smallest absolute Gasteiger partial charge is 0.273 e. The lowest BCUT2D eigenvalue weighted by atomic mass is 10.2. The fourth-order valence-corrected chi connectivity index (χ4v) is 1.13. The van der Waals surface area contributed by atoms with Gasteiger partial charge in [-0.3, -0.25) is 10.1 Å². The molecule has 0 aliphatic heterocycles. The number of benzene rings is 1. The molecular formula is C10H14N2O4. The topological polar surface area (TPSA) is 87.6 Å². The van der Waals surface area contributed by atoms with Gasteiger partial charge in [-0.1, -0.05) is 0 Å². The van der Waals surface area contributed by atoms with Crippen molar-refractivity contribution in [2.75, 3.05) is 13.7 Å². The summed E-state index contributed by atoms with van der Waals surface area (Å²) in [6, 6.07) is 4.18. The third kappa shape index (κ3) is 2.83. The predicted octanol–water partition coefficient (Wildman–Crippen LogP) is 1.33. The summed E-state index contributed by atoms with van der Waals surface area (Å²) in [6.07, 6.45) is -0.171. The van der Waals surface area contributed by atoms with Crippen LogP contribution in [0, 0.1) is 10.1 Å². The first-order valence-electron chi connectivity index (χ1n) is 4.77. The number of hydrogen-bond donors (Lipinski definition) is 1. The molecule has 0 radical (unpaired) electrons. The van der Waals surface area contributed by atoms with E-state index >= 15 is 0 Å². The SMILES string of the molecule is COc1cc([N+](=O)[O-])ccc1OC(C)CN. The minimum Gasteiger partial charge on any atom is -0.493 e. The standard InChI is InChI=1S/C10H14N2O4/c1-7(6-11)16-9-4-3-8(12(13)14)5-10(9)15-2/h3-5,7H,6,11H2,1-2H3. The number of non-ortho nitro benzene ring substituents is 1. The first kappa shape index (κ1) is 12.3. The molecular weight excluding hydrogens is 212 g/mol. The van der Waals surface area contributed by atoms with Crippen molar-refractivity contribution < 1.29 is 14.4 Å². The van der Waals surface area contributed by atoms with Gasteiger partial charge in [-0.2, -0.15) is 0 Å². The molecule has 6 heteroatoms. The molecule has 0 spiro atoms. The number of ether oxygens (including phenoxy) is 2. The van der Waals surface area contributed by atoms with Crippen molar-refractivity contribution >= 4 is 5.69 Å². The molecule has 6 nitrogen and oxygen atoms in total. The Bertz CT molecular complexity index is 381. The molecule has 0 bridgehead atoms. The molecule has 0 saturated carbocycles. The van der Waals surface area contributed by atoms with Crippen LogP contribution >= 0.6 is 0 Å². The van der Waals surface area contributed by atoms with Crippen LogP contribution < -0.4 is 15.2 Å². The minimum atomic E-state index is -0.487. The molecule has 0 heterocycles. The summed E-state index contributed by atoms with van der Waals surface area (Å²) < 4.78 is 10.5. The van der Waals surface area contributed by atoms with Crippen LogP contribution in [0.2, 0.25) is 0 Å². The van der Waals surface area contributed by atoms with Crippen molar-refractivity contribution in [2.24, 2.45) is 5.73 Å². The minimum absolute atomic E-state index is 0.0374. The molecule has 0 saturated heterocycles. The van der Waals surface area contributed by atoms with Crippen molar-refractivity contribution in [1.82, 2.24) is 0 Å². The Morgan fingerprint density at radius 2 is 2.19 bits per heavy atom. The highest BCUT2D eigenvalue weighted by molar-refractivity contribution is 5.48. The van der Waals surface area contributed by atoms with E-state index in [0.717, 1.165) is 0 Å². The molecule has 1 rings (SSSR count). The predicted molar refractivity (Wildman–Crippen MR) is 58.8 cm³/mol. The molecule has 16 heavy (non-hydrogen) atoms. The van der Waals surface area contributed by atoms with Gasteiger partial charge in [-0.25, -0.2) is 0 Å². The molecule has 0 aliphatic carbocycles. The average Bonchev–Trinajstić information content (AvgIpc) is 2.29. The van der Waals surface area contributed by atoms with Gasteiger partial charge in [0.15, 0.2) is 11.5 Å². The lowest BCUT2D eigenvalue weighted by Crippen LogP contribution is -2.23. The van der Waals surface area contributed by atoms with Gasteiger partial charge in [0.2, 0.25) is 0 Å².